The van der Waals surface area contributed by atoms with Gasteiger partial charge in [0.2, 0.25) is 5.78 Å². The molecular weight excluding hydrogens is 328 g/mol. The van der Waals surface area contributed by atoms with Crippen LogP contribution in [0.15, 0.2) is 57.4 Å². The molecule has 0 N–H and O–H groups in total. The van der Waals surface area contributed by atoms with Gasteiger partial charge >= 0.3 is 0 Å². The minimum atomic E-state index is -0.220. The number of fused-ring (bicyclic) bond motifs is 1. The Balaban J connectivity index is 2.11. The van der Waals surface area contributed by atoms with Crippen LogP contribution in [0.1, 0.15) is 16.1 Å². The molecule has 0 aliphatic rings. The molecule has 0 unspecified atom stereocenters. The van der Waals surface area contributed by atoms with Gasteiger partial charge < -0.3 is 4.42 Å². The van der Waals surface area contributed by atoms with Crippen molar-refractivity contribution in [3.05, 3.63) is 69.3 Å². The molecular formula is C15H8BrClO2. The van der Waals surface area contributed by atoms with E-state index >= 15 is 0 Å². The largest absolute Gasteiger partial charge is 0.453 e. The highest BCUT2D eigenvalue weighted by Gasteiger charge is 2.18. The van der Waals surface area contributed by atoms with E-state index in [1.54, 1.807) is 24.3 Å². The van der Waals surface area contributed by atoms with Gasteiger partial charge in [-0.25, -0.2) is 0 Å². The van der Waals surface area contributed by atoms with Crippen molar-refractivity contribution in [1.29, 1.82) is 0 Å². The highest BCUT2D eigenvalue weighted by Crippen LogP contribution is 2.29. The monoisotopic (exact) mass is 334 g/mol. The molecule has 2 aromatic carbocycles. The minimum absolute atomic E-state index is 0.220. The zero-order valence-corrected chi connectivity index (χ0v) is 12.0. The van der Waals surface area contributed by atoms with Crippen LogP contribution in [-0.2, 0) is 0 Å². The number of carbonyl (C=O) groups excluding carboxylic acids is 1. The summed E-state index contributed by atoms with van der Waals surface area (Å²) in [6, 6.07) is 14.5. The van der Waals surface area contributed by atoms with Crippen molar-refractivity contribution in [3.63, 3.8) is 0 Å². The summed E-state index contributed by atoms with van der Waals surface area (Å²) in [5.74, 6) is 0.0729. The first-order valence-corrected chi connectivity index (χ1v) is 6.81. The van der Waals surface area contributed by atoms with E-state index in [1.807, 2.05) is 24.3 Å². The van der Waals surface area contributed by atoms with Gasteiger partial charge in [0, 0.05) is 15.4 Å². The minimum Gasteiger partial charge on any atom is -0.453 e. The van der Waals surface area contributed by atoms with E-state index in [0.29, 0.717) is 26.4 Å². The van der Waals surface area contributed by atoms with Gasteiger partial charge in [-0.15, -0.1) is 0 Å². The number of carbonyl (C=O) groups is 1. The molecule has 3 rings (SSSR count). The first kappa shape index (κ1) is 12.5. The Morgan fingerprint density at radius 3 is 2.68 bits per heavy atom. The summed E-state index contributed by atoms with van der Waals surface area (Å²) in [6.45, 7) is 0. The van der Waals surface area contributed by atoms with E-state index in [-0.39, 0.29) is 5.78 Å². The van der Waals surface area contributed by atoms with Crippen LogP contribution >= 0.6 is 27.5 Å². The lowest BCUT2D eigenvalue weighted by Crippen LogP contribution is -2.00. The fourth-order valence-electron chi connectivity index (χ4n) is 1.91. The topological polar surface area (TPSA) is 30.2 Å². The molecule has 94 valence electrons. The predicted octanol–water partition coefficient (Wildman–Crippen LogP) is 5.08. The maximum Gasteiger partial charge on any atom is 0.229 e. The van der Waals surface area contributed by atoms with Crippen LogP contribution in [0.5, 0.6) is 0 Å². The molecule has 0 radical (unpaired) electrons. The fourth-order valence-corrected chi connectivity index (χ4v) is 2.48. The van der Waals surface area contributed by atoms with E-state index in [1.165, 1.54) is 0 Å². The van der Waals surface area contributed by atoms with Gasteiger partial charge in [0.1, 0.15) is 5.58 Å². The Hall–Kier alpha value is -1.58. The average Bonchev–Trinajstić information content (AvgIpc) is 2.85. The fraction of sp³-hybridized carbons (Fsp3) is 0. The summed E-state index contributed by atoms with van der Waals surface area (Å²) in [7, 11) is 0. The zero-order chi connectivity index (χ0) is 13.4. The molecule has 1 aromatic heterocycles. The summed E-state index contributed by atoms with van der Waals surface area (Å²) in [6.07, 6.45) is 0. The first-order chi connectivity index (χ1) is 9.16. The first-order valence-electron chi connectivity index (χ1n) is 5.64. The van der Waals surface area contributed by atoms with Crippen molar-refractivity contribution >= 4 is 44.3 Å². The van der Waals surface area contributed by atoms with Crippen molar-refractivity contribution < 1.29 is 9.21 Å². The molecule has 2 nitrogen and oxygen atoms in total. The highest BCUT2D eigenvalue weighted by molar-refractivity contribution is 9.10. The zero-order valence-electron chi connectivity index (χ0n) is 9.69. The third-order valence-corrected chi connectivity index (χ3v) is 4.14. The molecule has 0 bridgehead atoms. The number of furan rings is 1. The van der Waals surface area contributed by atoms with Crippen LogP contribution in [0.25, 0.3) is 11.0 Å². The van der Waals surface area contributed by atoms with Crippen LogP contribution in [0.2, 0.25) is 5.02 Å². The lowest BCUT2D eigenvalue weighted by molar-refractivity contribution is 0.101. The number of para-hydroxylation sites is 1. The molecule has 0 aliphatic carbocycles. The second-order valence-corrected chi connectivity index (χ2v) is 5.31. The normalized spacial score (nSPS) is 10.8. The van der Waals surface area contributed by atoms with Gasteiger partial charge in [-0.1, -0.05) is 35.9 Å². The molecule has 0 fully saturated rings. The second-order valence-electron chi connectivity index (χ2n) is 4.08. The Bertz CT molecular complexity index is 744. The smallest absolute Gasteiger partial charge is 0.229 e. The van der Waals surface area contributed by atoms with Crippen molar-refractivity contribution in [2.75, 3.05) is 0 Å². The number of rotatable bonds is 2. The van der Waals surface area contributed by atoms with Gasteiger partial charge in [-0.05, 0) is 40.2 Å². The third-order valence-electron chi connectivity index (χ3n) is 2.85. The van der Waals surface area contributed by atoms with E-state index < -0.39 is 0 Å². The average molecular weight is 336 g/mol. The van der Waals surface area contributed by atoms with Crippen LogP contribution in [0.4, 0.5) is 0 Å². The summed E-state index contributed by atoms with van der Waals surface area (Å²) in [4.78, 5) is 12.4. The highest BCUT2D eigenvalue weighted by atomic mass is 79.9. The van der Waals surface area contributed by atoms with Crippen molar-refractivity contribution in [3.8, 4) is 0 Å². The molecule has 1 heterocycles. The molecule has 3 aromatic rings. The Morgan fingerprint density at radius 2 is 1.89 bits per heavy atom. The summed E-state index contributed by atoms with van der Waals surface area (Å²) < 4.78 is 6.25. The van der Waals surface area contributed by atoms with E-state index in [9.17, 15) is 4.79 Å². The SMILES string of the molecule is O=C(c1cc2ccccc2o1)c1cccc(Br)c1Cl. The lowest BCUT2D eigenvalue weighted by atomic mass is 10.1. The maximum absolute atomic E-state index is 12.4. The standard InChI is InChI=1S/C15H8BrClO2/c16-11-6-3-5-10(14(11)17)15(18)13-8-9-4-1-2-7-12(9)19-13/h1-8H. The van der Waals surface area contributed by atoms with Crippen LogP contribution in [0.3, 0.4) is 0 Å². The third kappa shape index (κ3) is 2.20. The van der Waals surface area contributed by atoms with E-state index in [0.717, 1.165) is 5.39 Å². The van der Waals surface area contributed by atoms with Crippen LogP contribution < -0.4 is 0 Å². The second kappa shape index (κ2) is 4.83. The molecule has 0 aliphatic heterocycles. The summed E-state index contributed by atoms with van der Waals surface area (Å²) in [5.41, 5.74) is 1.12. The van der Waals surface area contributed by atoms with Gasteiger partial charge in [0.25, 0.3) is 0 Å². The number of halogens is 2. The van der Waals surface area contributed by atoms with Gasteiger partial charge in [0.05, 0.1) is 5.02 Å². The van der Waals surface area contributed by atoms with Crippen LogP contribution in [0, 0.1) is 0 Å². The summed E-state index contributed by atoms with van der Waals surface area (Å²) in [5, 5.41) is 1.30. The van der Waals surface area contributed by atoms with E-state index in [4.69, 9.17) is 16.0 Å². The molecule has 0 saturated carbocycles. The molecule has 4 heteroatoms. The van der Waals surface area contributed by atoms with Crippen molar-refractivity contribution in [2.24, 2.45) is 0 Å². The van der Waals surface area contributed by atoms with Gasteiger partial charge in [-0.3, -0.25) is 4.79 Å². The number of ketones is 1. The lowest BCUT2D eigenvalue weighted by Gasteiger charge is -2.02. The number of hydrogen-bond acceptors (Lipinski definition) is 2. The van der Waals surface area contributed by atoms with Crippen molar-refractivity contribution in [1.82, 2.24) is 0 Å². The molecule has 0 atom stereocenters. The Labute approximate surface area is 123 Å². The molecule has 0 saturated heterocycles. The van der Waals surface area contributed by atoms with Gasteiger partial charge in [0.15, 0.2) is 5.76 Å². The molecule has 0 amide bonds. The summed E-state index contributed by atoms with van der Waals surface area (Å²) >= 11 is 9.43. The molecule has 19 heavy (non-hydrogen) atoms. The van der Waals surface area contributed by atoms with Crippen LogP contribution in [-0.4, -0.2) is 5.78 Å². The Kier molecular flexibility index (Phi) is 3.17. The number of benzene rings is 2. The van der Waals surface area contributed by atoms with Crippen molar-refractivity contribution in [2.45, 2.75) is 0 Å². The number of hydrogen-bond donors (Lipinski definition) is 0. The predicted molar refractivity (Wildman–Crippen MR) is 78.8 cm³/mol. The van der Waals surface area contributed by atoms with E-state index in [2.05, 4.69) is 15.9 Å². The Morgan fingerprint density at radius 1 is 1.11 bits per heavy atom. The van der Waals surface area contributed by atoms with Gasteiger partial charge in [-0.2, -0.15) is 0 Å². The maximum atomic E-state index is 12.4. The molecule has 0 spiro atoms. The quantitative estimate of drug-likeness (QED) is 0.611.